The lowest BCUT2D eigenvalue weighted by Gasteiger charge is -2.36. The smallest absolute Gasteiger partial charge is 0.421 e. The summed E-state index contributed by atoms with van der Waals surface area (Å²) in [4.78, 5) is 64.4. The summed E-state index contributed by atoms with van der Waals surface area (Å²) in [6, 6.07) is 3.31. The topological polar surface area (TPSA) is 142 Å². The Hall–Kier alpha value is -3.27. The van der Waals surface area contributed by atoms with Crippen molar-refractivity contribution in [2.45, 2.75) is 63.8 Å². The van der Waals surface area contributed by atoms with Crippen LogP contribution in [0, 0.1) is 5.41 Å². The second-order valence-electron chi connectivity index (χ2n) is 9.11. The molecule has 1 aromatic carbocycles. The number of benzene rings is 1. The van der Waals surface area contributed by atoms with Crippen LogP contribution in [0.25, 0.3) is 0 Å². The lowest BCUT2D eigenvalue weighted by molar-refractivity contribution is -0.153. The molecule has 34 heavy (non-hydrogen) atoms. The van der Waals surface area contributed by atoms with Crippen molar-refractivity contribution in [1.29, 1.82) is 0 Å². The van der Waals surface area contributed by atoms with Crippen LogP contribution in [0.5, 0.6) is 5.75 Å². The highest BCUT2D eigenvalue weighted by Gasteiger charge is 2.63. The maximum Gasteiger partial charge on any atom is 0.421 e. The van der Waals surface area contributed by atoms with Crippen molar-refractivity contribution in [3.8, 4) is 5.75 Å². The van der Waals surface area contributed by atoms with Crippen LogP contribution in [0.2, 0.25) is 0 Å². The normalized spacial score (nSPS) is 20.8. The number of piperidine rings is 1. The first-order chi connectivity index (χ1) is 16.3. The van der Waals surface area contributed by atoms with Gasteiger partial charge in [0.05, 0.1) is 23.1 Å². The fourth-order valence-corrected chi connectivity index (χ4v) is 4.76. The summed E-state index contributed by atoms with van der Waals surface area (Å²) in [6.45, 7) is 0.550. The van der Waals surface area contributed by atoms with Crippen LogP contribution in [0.3, 0.4) is 0 Å². The van der Waals surface area contributed by atoms with Gasteiger partial charge in [0.2, 0.25) is 5.91 Å². The van der Waals surface area contributed by atoms with Gasteiger partial charge in [-0.1, -0.05) is 31.7 Å². The van der Waals surface area contributed by atoms with Gasteiger partial charge in [-0.25, -0.2) is 4.79 Å². The molecule has 1 aliphatic carbocycles. The Balaban J connectivity index is 1.47. The van der Waals surface area contributed by atoms with Crippen molar-refractivity contribution in [3.63, 3.8) is 0 Å². The predicted octanol–water partition coefficient (Wildman–Crippen LogP) is 2.58. The van der Waals surface area contributed by atoms with Crippen LogP contribution in [0.4, 0.5) is 4.79 Å². The molecule has 1 unspecified atom stereocenters. The van der Waals surface area contributed by atoms with E-state index in [1.54, 1.807) is 12.1 Å². The van der Waals surface area contributed by atoms with E-state index in [0.717, 1.165) is 43.4 Å². The average Bonchev–Trinajstić information content (AvgIpc) is 3.54. The first kappa shape index (κ1) is 23.9. The molecule has 1 aromatic rings. The highest BCUT2D eigenvalue weighted by atomic mass is 16.5. The lowest BCUT2D eigenvalue weighted by atomic mass is 9.89. The number of carbonyl (C=O) groups is 5. The number of aliphatic hydroxyl groups is 1. The van der Waals surface area contributed by atoms with Gasteiger partial charge in [0.1, 0.15) is 11.8 Å². The highest BCUT2D eigenvalue weighted by molar-refractivity contribution is 6.25. The molecule has 4 rings (SSSR count). The molecule has 10 heteroatoms. The number of rotatable bonds is 10. The van der Waals surface area contributed by atoms with Gasteiger partial charge >= 0.3 is 6.09 Å². The Kier molecular flexibility index (Phi) is 6.70. The Morgan fingerprint density at radius 2 is 1.68 bits per heavy atom. The number of hydrogen-bond acceptors (Lipinski definition) is 7. The van der Waals surface area contributed by atoms with E-state index in [1.165, 1.54) is 6.07 Å². The number of fused-ring (bicyclic) bond motifs is 1. The fraction of sp³-hybridized carbons (Fsp3) is 0.542. The van der Waals surface area contributed by atoms with Gasteiger partial charge in [-0.2, -0.15) is 4.90 Å². The van der Waals surface area contributed by atoms with Gasteiger partial charge in [-0.05, 0) is 44.2 Å². The molecule has 10 nitrogen and oxygen atoms in total. The molecular weight excluding hydrogens is 444 g/mol. The van der Waals surface area contributed by atoms with E-state index in [-0.39, 0.29) is 34.8 Å². The molecule has 2 aliphatic heterocycles. The van der Waals surface area contributed by atoms with Gasteiger partial charge < -0.3 is 14.9 Å². The van der Waals surface area contributed by atoms with Crippen molar-refractivity contribution in [3.05, 3.63) is 29.3 Å². The van der Waals surface area contributed by atoms with Crippen molar-refractivity contribution in [1.82, 2.24) is 9.80 Å². The number of carboxylic acid groups (broad SMARTS) is 1. The summed E-state index contributed by atoms with van der Waals surface area (Å²) >= 11 is 0. The Labute approximate surface area is 196 Å². The Bertz CT molecular complexity index is 1030. The van der Waals surface area contributed by atoms with Crippen LogP contribution >= 0.6 is 0 Å². The molecule has 5 amide bonds. The molecule has 0 bridgehead atoms. The number of aliphatic hydroxyl groups excluding tert-OH is 1. The Morgan fingerprint density at radius 1 is 1.00 bits per heavy atom. The summed E-state index contributed by atoms with van der Waals surface area (Å²) in [6.07, 6.45) is 4.54. The summed E-state index contributed by atoms with van der Waals surface area (Å²) in [5.41, 5.74) is -0.849. The number of nitrogens with zero attached hydrogens (tertiary/aromatic N) is 2. The predicted molar refractivity (Wildman–Crippen MR) is 117 cm³/mol. The molecule has 1 saturated heterocycles. The third kappa shape index (κ3) is 4.18. The minimum absolute atomic E-state index is 0.0619. The monoisotopic (exact) mass is 472 g/mol. The maximum absolute atomic E-state index is 13.3. The molecular formula is C24H28N2O8. The zero-order valence-electron chi connectivity index (χ0n) is 18.8. The van der Waals surface area contributed by atoms with Crippen LogP contribution in [-0.2, 0) is 9.59 Å². The lowest BCUT2D eigenvalue weighted by Crippen LogP contribution is -2.60. The second kappa shape index (κ2) is 9.54. The van der Waals surface area contributed by atoms with Gasteiger partial charge in [-0.3, -0.25) is 24.1 Å². The van der Waals surface area contributed by atoms with E-state index < -0.39 is 41.2 Å². The number of hydrogen-bond donors (Lipinski definition) is 2. The number of carbonyl (C=O) groups excluding carboxylic acids is 4. The molecule has 1 spiro atoms. The third-order valence-electron chi connectivity index (χ3n) is 6.82. The number of unbranched alkanes of at least 4 members (excludes halogenated alkanes) is 5. The van der Waals surface area contributed by atoms with Crippen molar-refractivity contribution in [2.24, 2.45) is 5.41 Å². The third-order valence-corrected chi connectivity index (χ3v) is 6.82. The minimum Gasteiger partial charge on any atom is -0.493 e. The Morgan fingerprint density at radius 3 is 2.32 bits per heavy atom. The van der Waals surface area contributed by atoms with E-state index in [1.807, 2.05) is 0 Å². The molecule has 1 saturated carbocycles. The van der Waals surface area contributed by atoms with Gasteiger partial charge in [0, 0.05) is 6.61 Å². The molecule has 0 aromatic heterocycles. The number of ether oxygens (including phenoxy) is 1. The van der Waals surface area contributed by atoms with Crippen molar-refractivity contribution < 1.29 is 38.9 Å². The zero-order valence-corrected chi connectivity index (χ0v) is 18.8. The second-order valence-corrected chi connectivity index (χ2v) is 9.11. The SMILES string of the molecule is O=C(O)N1C(=O)C(N2C(=O)c3cccc(OCCCCCCCCO)c3C2=O)CC2(CC2)C1=O. The highest BCUT2D eigenvalue weighted by Crippen LogP contribution is 2.54. The van der Waals surface area contributed by atoms with Crippen molar-refractivity contribution >= 4 is 29.7 Å². The number of amides is 5. The molecule has 182 valence electrons. The molecule has 1 atom stereocenters. The summed E-state index contributed by atoms with van der Waals surface area (Å²) in [7, 11) is 0. The van der Waals surface area contributed by atoms with Gasteiger partial charge in [0.25, 0.3) is 17.7 Å². The average molecular weight is 472 g/mol. The van der Waals surface area contributed by atoms with E-state index in [9.17, 15) is 29.1 Å². The standard InChI is InChI=1S/C24H28N2O8/c27-12-5-3-1-2-4-6-13-34-17-9-7-8-15-18(17)21(30)25(19(15)28)16-14-24(10-11-24)22(31)26(20(16)29)23(32)33/h7-9,16,27H,1-6,10-14H2,(H,32,33). The van der Waals surface area contributed by atoms with Crippen LogP contribution < -0.4 is 4.74 Å². The minimum atomic E-state index is -1.71. The largest absolute Gasteiger partial charge is 0.493 e. The molecule has 0 radical (unpaired) electrons. The van der Waals surface area contributed by atoms with E-state index >= 15 is 0 Å². The first-order valence-electron chi connectivity index (χ1n) is 11.7. The number of imide groups is 4. The molecule has 2 fully saturated rings. The van der Waals surface area contributed by atoms with Gasteiger partial charge in [0.15, 0.2) is 0 Å². The summed E-state index contributed by atoms with van der Waals surface area (Å²) in [5.74, 6) is -3.02. The molecule has 2 N–H and O–H groups in total. The van der Waals surface area contributed by atoms with E-state index in [4.69, 9.17) is 9.84 Å². The van der Waals surface area contributed by atoms with Crippen molar-refractivity contribution in [2.75, 3.05) is 13.2 Å². The number of likely N-dealkylation sites (tertiary alicyclic amines) is 1. The molecule has 3 aliphatic rings. The fourth-order valence-electron chi connectivity index (χ4n) is 4.76. The van der Waals surface area contributed by atoms with Crippen LogP contribution in [-0.4, -0.2) is 69.0 Å². The summed E-state index contributed by atoms with van der Waals surface area (Å²) in [5, 5.41) is 18.2. The molecule has 2 heterocycles. The van der Waals surface area contributed by atoms with Gasteiger partial charge in [-0.15, -0.1) is 0 Å². The van der Waals surface area contributed by atoms with E-state index in [2.05, 4.69) is 0 Å². The zero-order chi connectivity index (χ0) is 24.5. The quantitative estimate of drug-likeness (QED) is 0.391. The van der Waals surface area contributed by atoms with Crippen LogP contribution in [0.1, 0.15) is 78.5 Å². The van der Waals surface area contributed by atoms with Crippen LogP contribution in [0.15, 0.2) is 18.2 Å². The summed E-state index contributed by atoms with van der Waals surface area (Å²) < 4.78 is 5.80. The first-order valence-corrected chi connectivity index (χ1v) is 11.7. The van der Waals surface area contributed by atoms with E-state index in [0.29, 0.717) is 19.4 Å². The maximum atomic E-state index is 13.3.